The minimum absolute atomic E-state index is 0.818. The predicted molar refractivity (Wildman–Crippen MR) is 157 cm³/mol. The number of hydrogen-bond donors (Lipinski definition) is 0. The van der Waals surface area contributed by atoms with Crippen molar-refractivity contribution in [1.82, 2.24) is 4.98 Å². The van der Waals surface area contributed by atoms with E-state index in [0.29, 0.717) is 0 Å². The van der Waals surface area contributed by atoms with Crippen LogP contribution in [0, 0.1) is 0 Å². The van der Waals surface area contributed by atoms with Gasteiger partial charge in [0.1, 0.15) is 0 Å². The van der Waals surface area contributed by atoms with E-state index in [1.807, 2.05) is 24.5 Å². The van der Waals surface area contributed by atoms with Crippen molar-refractivity contribution in [3.05, 3.63) is 157 Å². The first-order valence-corrected chi connectivity index (χ1v) is 12.5. The molecule has 0 saturated carbocycles. The zero-order valence-electron chi connectivity index (χ0n) is 20.5. The molecule has 0 spiro atoms. The average Bonchev–Trinajstić information content (AvgIpc) is 2.97. The molecule has 0 aliphatic carbocycles. The topological polar surface area (TPSA) is 25.2 Å². The summed E-state index contributed by atoms with van der Waals surface area (Å²) in [6.07, 6.45) is 6.51. The Morgan fingerprint density at radius 1 is 0.676 bits per heavy atom. The van der Waals surface area contributed by atoms with Gasteiger partial charge in [-0.2, -0.15) is 0 Å². The average molecular weight is 475 g/mol. The van der Waals surface area contributed by atoms with Gasteiger partial charge in [0.2, 0.25) is 0 Å². The number of fused-ring (bicyclic) bond motifs is 2. The molecule has 0 aliphatic rings. The molecule has 0 N–H and O–H groups in total. The molecule has 0 aliphatic heterocycles. The number of aromatic nitrogens is 1. The van der Waals surface area contributed by atoms with Gasteiger partial charge in [0.15, 0.2) is 0 Å². The van der Waals surface area contributed by atoms with Crippen molar-refractivity contribution in [1.29, 1.82) is 0 Å². The number of hydrogen-bond acceptors (Lipinski definition) is 2. The second-order valence-electron chi connectivity index (χ2n) is 9.13. The summed E-state index contributed by atoms with van der Waals surface area (Å²) in [5.74, 6) is 0. The summed E-state index contributed by atoms with van der Waals surface area (Å²) < 4.78 is 0. The van der Waals surface area contributed by atoms with Crippen LogP contribution >= 0.6 is 0 Å². The second-order valence-corrected chi connectivity index (χ2v) is 9.13. The maximum atomic E-state index is 5.13. The molecule has 1 heterocycles. The van der Waals surface area contributed by atoms with Gasteiger partial charge in [0.05, 0.1) is 11.4 Å². The van der Waals surface area contributed by atoms with Gasteiger partial charge in [-0.1, -0.05) is 116 Å². The number of nitrogens with zero attached hydrogens (tertiary/aromatic N) is 2. The molecule has 5 aromatic carbocycles. The Morgan fingerprint density at radius 2 is 1.38 bits per heavy atom. The van der Waals surface area contributed by atoms with Gasteiger partial charge in [-0.05, 0) is 45.0 Å². The molecule has 0 bridgehead atoms. The highest BCUT2D eigenvalue weighted by atomic mass is 14.7. The van der Waals surface area contributed by atoms with Crippen LogP contribution in [0.4, 0.5) is 5.69 Å². The Morgan fingerprint density at radius 3 is 2.16 bits per heavy atom. The van der Waals surface area contributed by atoms with Crippen LogP contribution in [0.2, 0.25) is 0 Å². The van der Waals surface area contributed by atoms with Gasteiger partial charge in [0.25, 0.3) is 0 Å². The standard InChI is InChI=1S/C35H26N2/c1-2-34(28-18-16-27(17-19-28)33-24-36-23-29-13-7-9-15-31(29)33)37-35-21-20-26-12-6-8-14-30(26)32(35)22-25-10-4-3-5-11-25/h2-21,23-24H,1,22H2/b37-34+. The number of allylic oxidation sites excluding steroid dienone is 1. The molecule has 1 aromatic heterocycles. The second kappa shape index (κ2) is 10.0. The molecule has 0 unspecified atom stereocenters. The minimum Gasteiger partial charge on any atom is -0.263 e. The fraction of sp³-hybridized carbons (Fsp3) is 0.0286. The third-order valence-corrected chi connectivity index (χ3v) is 6.83. The van der Waals surface area contributed by atoms with Gasteiger partial charge in [-0.3, -0.25) is 4.98 Å². The van der Waals surface area contributed by atoms with Gasteiger partial charge >= 0.3 is 0 Å². The van der Waals surface area contributed by atoms with Crippen LogP contribution in [0.15, 0.2) is 145 Å². The van der Waals surface area contributed by atoms with E-state index in [4.69, 9.17) is 4.99 Å². The highest BCUT2D eigenvalue weighted by Crippen LogP contribution is 2.32. The minimum atomic E-state index is 0.818. The van der Waals surface area contributed by atoms with E-state index >= 15 is 0 Å². The maximum absolute atomic E-state index is 5.13. The van der Waals surface area contributed by atoms with Crippen molar-refractivity contribution < 1.29 is 0 Å². The van der Waals surface area contributed by atoms with Gasteiger partial charge in [-0.25, -0.2) is 4.99 Å². The molecule has 6 rings (SSSR count). The molecule has 0 amide bonds. The number of benzene rings is 5. The lowest BCUT2D eigenvalue weighted by Crippen LogP contribution is -1.98. The summed E-state index contributed by atoms with van der Waals surface area (Å²) in [6, 6.07) is 40.3. The van der Waals surface area contributed by atoms with E-state index in [1.165, 1.54) is 27.3 Å². The molecule has 2 nitrogen and oxygen atoms in total. The summed E-state index contributed by atoms with van der Waals surface area (Å²) >= 11 is 0. The van der Waals surface area contributed by atoms with Crippen molar-refractivity contribution in [2.24, 2.45) is 4.99 Å². The monoisotopic (exact) mass is 474 g/mol. The van der Waals surface area contributed by atoms with Crippen LogP contribution in [0.3, 0.4) is 0 Å². The fourth-order valence-corrected chi connectivity index (χ4v) is 4.94. The fourth-order valence-electron chi connectivity index (χ4n) is 4.94. The van der Waals surface area contributed by atoms with E-state index < -0.39 is 0 Å². The van der Waals surface area contributed by atoms with Crippen molar-refractivity contribution in [3.8, 4) is 11.1 Å². The Hall–Kier alpha value is -4.82. The van der Waals surface area contributed by atoms with E-state index in [-0.39, 0.29) is 0 Å². The quantitative estimate of drug-likeness (QED) is 0.221. The summed E-state index contributed by atoms with van der Waals surface area (Å²) in [7, 11) is 0. The van der Waals surface area contributed by atoms with Crippen molar-refractivity contribution >= 4 is 32.9 Å². The van der Waals surface area contributed by atoms with Crippen LogP contribution < -0.4 is 0 Å². The van der Waals surface area contributed by atoms with Crippen molar-refractivity contribution in [2.75, 3.05) is 0 Å². The lowest BCUT2D eigenvalue weighted by Gasteiger charge is -2.12. The molecule has 0 atom stereocenters. The SMILES string of the molecule is C=C/C(=N\c1ccc2ccccc2c1Cc1ccccc1)c1ccc(-c2cncc3ccccc23)cc1. The van der Waals surface area contributed by atoms with E-state index in [2.05, 4.69) is 121 Å². The molecular weight excluding hydrogens is 448 g/mol. The maximum Gasteiger partial charge on any atom is 0.0703 e. The largest absolute Gasteiger partial charge is 0.263 e. The van der Waals surface area contributed by atoms with E-state index in [1.54, 1.807) is 0 Å². The van der Waals surface area contributed by atoms with Gasteiger partial charge in [-0.15, -0.1) is 0 Å². The summed E-state index contributed by atoms with van der Waals surface area (Å²) in [6.45, 7) is 4.09. The van der Waals surface area contributed by atoms with Gasteiger partial charge in [0, 0.05) is 35.3 Å². The highest BCUT2D eigenvalue weighted by molar-refractivity contribution is 6.10. The number of aliphatic imine (C=N–C) groups is 1. The summed E-state index contributed by atoms with van der Waals surface area (Å²) in [4.78, 5) is 9.58. The molecule has 0 fully saturated rings. The van der Waals surface area contributed by atoms with E-state index in [9.17, 15) is 0 Å². The number of pyridine rings is 1. The Balaban J connectivity index is 1.41. The molecule has 37 heavy (non-hydrogen) atoms. The lowest BCUT2D eigenvalue weighted by atomic mass is 9.96. The normalized spacial score (nSPS) is 11.6. The van der Waals surface area contributed by atoms with Crippen LogP contribution in [-0.2, 0) is 6.42 Å². The van der Waals surface area contributed by atoms with Gasteiger partial charge < -0.3 is 0 Å². The third kappa shape index (κ3) is 4.57. The first-order valence-electron chi connectivity index (χ1n) is 12.5. The molecule has 6 aromatic rings. The van der Waals surface area contributed by atoms with Crippen LogP contribution in [0.1, 0.15) is 16.7 Å². The zero-order chi connectivity index (χ0) is 25.0. The first-order chi connectivity index (χ1) is 18.3. The van der Waals surface area contributed by atoms with Crippen LogP contribution in [-0.4, -0.2) is 10.7 Å². The Bertz CT molecular complexity index is 1740. The third-order valence-electron chi connectivity index (χ3n) is 6.83. The molecule has 2 heteroatoms. The van der Waals surface area contributed by atoms with E-state index in [0.717, 1.165) is 39.9 Å². The first kappa shape index (κ1) is 22.6. The summed E-state index contributed by atoms with van der Waals surface area (Å²) in [5.41, 5.74) is 7.61. The summed E-state index contributed by atoms with van der Waals surface area (Å²) in [5, 5.41) is 4.79. The zero-order valence-corrected chi connectivity index (χ0v) is 20.5. The molecule has 0 saturated heterocycles. The molecular formula is C35H26N2. The van der Waals surface area contributed by atoms with Crippen LogP contribution in [0.25, 0.3) is 32.7 Å². The lowest BCUT2D eigenvalue weighted by molar-refractivity contribution is 1.20. The van der Waals surface area contributed by atoms with Crippen LogP contribution in [0.5, 0.6) is 0 Å². The highest BCUT2D eigenvalue weighted by Gasteiger charge is 2.11. The van der Waals surface area contributed by atoms with Crippen molar-refractivity contribution in [3.63, 3.8) is 0 Å². The number of rotatable bonds is 6. The Labute approximate surface area is 217 Å². The molecule has 176 valence electrons. The predicted octanol–water partition coefficient (Wildman–Crippen LogP) is 8.95. The smallest absolute Gasteiger partial charge is 0.0703 e. The van der Waals surface area contributed by atoms with Crippen molar-refractivity contribution in [2.45, 2.75) is 6.42 Å². The molecule has 0 radical (unpaired) electrons. The Kier molecular flexibility index (Phi) is 6.14.